The van der Waals surface area contributed by atoms with E-state index in [4.69, 9.17) is 5.11 Å². The maximum atomic E-state index is 10.7. The van der Waals surface area contributed by atoms with Gasteiger partial charge in [0, 0.05) is 6.92 Å². The lowest BCUT2D eigenvalue weighted by Crippen LogP contribution is -2.00. The summed E-state index contributed by atoms with van der Waals surface area (Å²) in [4.78, 5) is 14.1. The van der Waals surface area contributed by atoms with Crippen LogP contribution in [-0.4, -0.2) is 25.7 Å². The molecule has 1 aromatic heterocycles. The molecule has 0 aromatic carbocycles. The minimum atomic E-state index is -0.827. The topological polar surface area (TPSA) is 81.2 Å². The Kier molecular flexibility index (Phi) is 3.07. The van der Waals surface area contributed by atoms with Gasteiger partial charge in [0.25, 0.3) is 0 Å². The molecule has 0 saturated heterocycles. The van der Waals surface area contributed by atoms with Gasteiger partial charge >= 0.3 is 5.82 Å². The van der Waals surface area contributed by atoms with Gasteiger partial charge in [-0.1, -0.05) is 5.92 Å². The standard InChI is InChI=1S/C9H11N3O3/c1-6(13)4-5-8-9(12(14)15)11(3)7(2)10-8/h6,13H,1-3H3/t6-/m0/s1. The molecule has 0 spiro atoms. The summed E-state index contributed by atoms with van der Waals surface area (Å²) in [7, 11) is 1.55. The van der Waals surface area contributed by atoms with Gasteiger partial charge in [0.2, 0.25) is 5.69 Å². The molecule has 0 aliphatic carbocycles. The zero-order valence-electron chi connectivity index (χ0n) is 8.68. The van der Waals surface area contributed by atoms with Crippen LogP contribution in [0.2, 0.25) is 0 Å². The molecule has 0 radical (unpaired) electrons. The SMILES string of the molecule is Cc1nc(C#C[C@H](C)O)c([N+](=O)[O-])n1C. The van der Waals surface area contributed by atoms with E-state index < -0.39 is 11.0 Å². The zero-order chi connectivity index (χ0) is 11.6. The highest BCUT2D eigenvalue weighted by atomic mass is 16.6. The van der Waals surface area contributed by atoms with Crippen LogP contribution in [0.5, 0.6) is 0 Å². The van der Waals surface area contributed by atoms with E-state index in [2.05, 4.69) is 16.8 Å². The van der Waals surface area contributed by atoms with Gasteiger partial charge in [0.15, 0.2) is 5.82 Å². The first-order chi connectivity index (χ1) is 6.93. The summed E-state index contributed by atoms with van der Waals surface area (Å²) in [5.74, 6) is 5.26. The lowest BCUT2D eigenvalue weighted by molar-refractivity contribution is -0.392. The van der Waals surface area contributed by atoms with Crippen LogP contribution in [0.15, 0.2) is 0 Å². The highest BCUT2D eigenvalue weighted by Gasteiger charge is 2.20. The molecular formula is C9H11N3O3. The van der Waals surface area contributed by atoms with Gasteiger partial charge in [0.05, 0.1) is 7.05 Å². The van der Waals surface area contributed by atoms with Gasteiger partial charge in [0.1, 0.15) is 6.10 Å². The van der Waals surface area contributed by atoms with Gasteiger partial charge in [-0.15, -0.1) is 0 Å². The molecule has 0 amide bonds. The first-order valence-corrected chi connectivity index (χ1v) is 4.30. The monoisotopic (exact) mass is 209 g/mol. The third-order valence-electron chi connectivity index (χ3n) is 1.86. The van der Waals surface area contributed by atoms with Crippen molar-refractivity contribution in [2.24, 2.45) is 7.05 Å². The molecule has 1 atom stereocenters. The number of aliphatic hydroxyl groups is 1. The molecule has 1 N–H and O–H groups in total. The molecule has 6 nitrogen and oxygen atoms in total. The second kappa shape index (κ2) is 4.11. The van der Waals surface area contributed by atoms with Crippen molar-refractivity contribution in [3.63, 3.8) is 0 Å². The van der Waals surface area contributed by atoms with Gasteiger partial charge in [-0.3, -0.25) is 0 Å². The Morgan fingerprint density at radius 2 is 2.27 bits per heavy atom. The summed E-state index contributed by atoms with van der Waals surface area (Å²) in [5, 5.41) is 19.7. The Morgan fingerprint density at radius 1 is 1.67 bits per heavy atom. The Balaban J connectivity index is 3.26. The predicted octanol–water partition coefficient (Wildman–Crippen LogP) is 0.369. The van der Waals surface area contributed by atoms with Crippen LogP contribution >= 0.6 is 0 Å². The molecule has 0 fully saturated rings. The van der Waals surface area contributed by atoms with E-state index in [1.807, 2.05) is 0 Å². The second-order valence-electron chi connectivity index (χ2n) is 3.09. The van der Waals surface area contributed by atoms with Crippen molar-refractivity contribution in [3.8, 4) is 11.8 Å². The molecule has 6 heteroatoms. The summed E-state index contributed by atoms with van der Waals surface area (Å²) in [6.45, 7) is 3.13. The number of aromatic nitrogens is 2. The van der Waals surface area contributed by atoms with Gasteiger partial charge in [-0.05, 0) is 17.8 Å². The van der Waals surface area contributed by atoms with Crippen LogP contribution in [0.25, 0.3) is 0 Å². The molecule has 1 rings (SSSR count). The molecular weight excluding hydrogens is 198 g/mol. The molecule has 0 unspecified atom stereocenters. The molecule has 1 aromatic rings. The summed E-state index contributed by atoms with van der Waals surface area (Å²) in [6, 6.07) is 0. The second-order valence-corrected chi connectivity index (χ2v) is 3.09. The number of imidazole rings is 1. The number of hydrogen-bond donors (Lipinski definition) is 1. The number of hydrogen-bond acceptors (Lipinski definition) is 4. The van der Waals surface area contributed by atoms with Crippen LogP contribution < -0.4 is 0 Å². The fraction of sp³-hybridized carbons (Fsp3) is 0.444. The number of nitro groups is 1. The maximum absolute atomic E-state index is 10.7. The molecule has 80 valence electrons. The number of rotatable bonds is 1. The minimum absolute atomic E-state index is 0.0842. The highest BCUT2D eigenvalue weighted by Crippen LogP contribution is 2.17. The van der Waals surface area contributed by atoms with Gasteiger partial charge in [-0.25, -0.2) is 4.57 Å². The van der Waals surface area contributed by atoms with Gasteiger partial charge in [-0.2, -0.15) is 4.98 Å². The Bertz CT molecular complexity index is 451. The van der Waals surface area contributed by atoms with E-state index in [-0.39, 0.29) is 11.5 Å². The quantitative estimate of drug-likeness (QED) is 0.411. The first-order valence-electron chi connectivity index (χ1n) is 4.30. The number of aryl methyl sites for hydroxylation is 1. The molecule has 15 heavy (non-hydrogen) atoms. The van der Waals surface area contributed by atoms with E-state index in [1.165, 1.54) is 11.5 Å². The molecule has 0 saturated carbocycles. The van der Waals surface area contributed by atoms with Crippen molar-refractivity contribution < 1.29 is 10.0 Å². The first kappa shape index (κ1) is 11.2. The zero-order valence-corrected chi connectivity index (χ0v) is 8.68. The van der Waals surface area contributed by atoms with Crippen molar-refractivity contribution >= 4 is 5.82 Å². The van der Waals surface area contributed by atoms with E-state index in [9.17, 15) is 10.1 Å². The Morgan fingerprint density at radius 3 is 2.73 bits per heavy atom. The van der Waals surface area contributed by atoms with Crippen LogP contribution in [0.3, 0.4) is 0 Å². The predicted molar refractivity (Wildman–Crippen MR) is 53.2 cm³/mol. The highest BCUT2D eigenvalue weighted by molar-refractivity contribution is 5.43. The van der Waals surface area contributed by atoms with E-state index in [0.717, 1.165) is 0 Å². The van der Waals surface area contributed by atoms with Crippen LogP contribution in [0.4, 0.5) is 5.82 Å². The minimum Gasteiger partial charge on any atom is -0.381 e. The molecule has 0 aliphatic heterocycles. The smallest absolute Gasteiger partial charge is 0.358 e. The van der Waals surface area contributed by atoms with Gasteiger partial charge < -0.3 is 15.2 Å². The van der Waals surface area contributed by atoms with Crippen LogP contribution in [-0.2, 0) is 7.05 Å². The fourth-order valence-electron chi connectivity index (χ4n) is 1.06. The van der Waals surface area contributed by atoms with E-state index in [0.29, 0.717) is 5.82 Å². The third kappa shape index (κ3) is 2.33. The average Bonchev–Trinajstić information content (AvgIpc) is 2.39. The maximum Gasteiger partial charge on any atom is 0.358 e. The molecule has 0 aliphatic rings. The van der Waals surface area contributed by atoms with E-state index >= 15 is 0 Å². The molecule has 0 bridgehead atoms. The van der Waals surface area contributed by atoms with Crippen molar-refractivity contribution in [3.05, 3.63) is 21.6 Å². The Labute approximate surface area is 86.7 Å². The molecule has 1 heterocycles. The van der Waals surface area contributed by atoms with Crippen molar-refractivity contribution in [2.75, 3.05) is 0 Å². The van der Waals surface area contributed by atoms with Crippen molar-refractivity contribution in [1.82, 2.24) is 9.55 Å². The largest absolute Gasteiger partial charge is 0.381 e. The summed E-state index contributed by atoms with van der Waals surface area (Å²) >= 11 is 0. The normalized spacial score (nSPS) is 11.7. The fourth-order valence-corrected chi connectivity index (χ4v) is 1.06. The number of aliphatic hydroxyl groups excluding tert-OH is 1. The average molecular weight is 209 g/mol. The third-order valence-corrected chi connectivity index (χ3v) is 1.86. The summed E-state index contributed by atoms with van der Waals surface area (Å²) in [5.41, 5.74) is 0.0842. The lowest BCUT2D eigenvalue weighted by Gasteiger charge is -1.94. The van der Waals surface area contributed by atoms with Crippen molar-refractivity contribution in [1.29, 1.82) is 0 Å². The Hall–Kier alpha value is -1.87. The lowest BCUT2D eigenvalue weighted by atomic mass is 10.3. The van der Waals surface area contributed by atoms with Crippen molar-refractivity contribution in [2.45, 2.75) is 20.0 Å². The van der Waals surface area contributed by atoms with Crippen LogP contribution in [0, 0.1) is 28.9 Å². The van der Waals surface area contributed by atoms with Crippen LogP contribution in [0.1, 0.15) is 18.4 Å². The summed E-state index contributed by atoms with van der Waals surface area (Å²) < 4.78 is 1.35. The number of nitrogens with zero attached hydrogens (tertiary/aromatic N) is 3. The summed E-state index contributed by atoms with van der Waals surface area (Å²) in [6.07, 6.45) is -0.827. The van der Waals surface area contributed by atoms with E-state index in [1.54, 1.807) is 14.0 Å².